The molecule has 2 aromatic rings. The number of carbonyl (C=O) groups excluding carboxylic acids is 2. The molecule has 1 N–H and O–H groups in total. The highest BCUT2D eigenvalue weighted by Gasteiger charge is 2.45. The second-order valence-corrected chi connectivity index (χ2v) is 5.83. The molecule has 0 aliphatic carbocycles. The van der Waals surface area contributed by atoms with Crippen LogP contribution >= 0.6 is 0 Å². The van der Waals surface area contributed by atoms with Gasteiger partial charge in [-0.3, -0.25) is 9.59 Å². The summed E-state index contributed by atoms with van der Waals surface area (Å²) >= 11 is 0. The van der Waals surface area contributed by atoms with Crippen molar-refractivity contribution in [3.63, 3.8) is 0 Å². The minimum atomic E-state index is -0.462. The monoisotopic (exact) mass is 313 g/mol. The third-order valence-electron chi connectivity index (χ3n) is 4.35. The first-order chi connectivity index (χ1) is 11.1. The Hall–Kier alpha value is -2.63. The maximum atomic E-state index is 12.3. The average Bonchev–Trinajstić information content (AvgIpc) is 3.12. The van der Waals surface area contributed by atoms with Gasteiger partial charge in [0, 0.05) is 31.5 Å². The van der Waals surface area contributed by atoms with Gasteiger partial charge in [0.1, 0.15) is 5.75 Å². The lowest BCUT2D eigenvalue weighted by Gasteiger charge is -2.23. The molecule has 2 heterocycles. The smallest absolute Gasteiger partial charge is 0.290 e. The second-order valence-electron chi connectivity index (χ2n) is 5.83. The molecule has 1 fully saturated rings. The number of imidazole rings is 1. The Bertz CT molecular complexity index is 694. The molecule has 1 aliphatic heterocycles. The molecule has 0 saturated carbocycles. The highest BCUT2D eigenvalue weighted by Crippen LogP contribution is 2.32. The average molecular weight is 313 g/mol. The number of phenols is 1. The van der Waals surface area contributed by atoms with E-state index in [-0.39, 0.29) is 17.6 Å². The Balaban J connectivity index is 1.69. The molecule has 0 radical (unpaired) electrons. The number of Topliss-reactive ketones (excluding diaryl/α,β-unsaturated/α-hetero) is 1. The van der Waals surface area contributed by atoms with Crippen LogP contribution in [-0.2, 0) is 16.1 Å². The van der Waals surface area contributed by atoms with Crippen molar-refractivity contribution in [2.75, 3.05) is 6.54 Å². The number of aryl methyl sites for hydroxylation is 1. The number of hydrogen-bond acceptors (Lipinski definition) is 4. The summed E-state index contributed by atoms with van der Waals surface area (Å²) < 4.78 is 1.95. The van der Waals surface area contributed by atoms with Crippen molar-refractivity contribution in [1.82, 2.24) is 14.5 Å². The van der Waals surface area contributed by atoms with Gasteiger partial charge >= 0.3 is 0 Å². The molecule has 6 heteroatoms. The molecular weight excluding hydrogens is 294 g/mol. The molecule has 0 spiro atoms. The molecule has 1 saturated heterocycles. The summed E-state index contributed by atoms with van der Waals surface area (Å²) in [6.45, 7) is 3.20. The zero-order valence-corrected chi connectivity index (χ0v) is 12.9. The molecule has 23 heavy (non-hydrogen) atoms. The van der Waals surface area contributed by atoms with Crippen LogP contribution in [0.5, 0.6) is 5.75 Å². The van der Waals surface area contributed by atoms with E-state index in [0.29, 0.717) is 6.54 Å². The van der Waals surface area contributed by atoms with E-state index in [1.807, 2.05) is 17.7 Å². The molecular formula is C17H19N3O3. The first kappa shape index (κ1) is 15.3. The van der Waals surface area contributed by atoms with E-state index in [1.54, 1.807) is 41.7 Å². The number of benzene rings is 1. The van der Waals surface area contributed by atoms with Gasteiger partial charge in [-0.25, -0.2) is 4.98 Å². The summed E-state index contributed by atoms with van der Waals surface area (Å²) in [6, 6.07) is 6.32. The number of amides is 1. The predicted molar refractivity (Wildman–Crippen MR) is 83.9 cm³/mol. The van der Waals surface area contributed by atoms with Gasteiger partial charge in [-0.15, -0.1) is 0 Å². The molecule has 6 nitrogen and oxygen atoms in total. The lowest BCUT2D eigenvalue weighted by molar-refractivity contribution is -0.140. The van der Waals surface area contributed by atoms with E-state index in [4.69, 9.17) is 0 Å². The van der Waals surface area contributed by atoms with Crippen LogP contribution in [0.1, 0.15) is 24.8 Å². The molecule has 1 amide bonds. The third kappa shape index (κ3) is 2.97. The fraction of sp³-hybridized carbons (Fsp3) is 0.353. The van der Waals surface area contributed by atoms with Gasteiger partial charge in [0.05, 0.1) is 12.2 Å². The Morgan fingerprint density at radius 1 is 1.17 bits per heavy atom. The quantitative estimate of drug-likeness (QED) is 0.850. The molecule has 2 unspecified atom stereocenters. The number of ketones is 1. The van der Waals surface area contributed by atoms with Gasteiger partial charge < -0.3 is 14.6 Å². The zero-order chi connectivity index (χ0) is 16.4. The van der Waals surface area contributed by atoms with Gasteiger partial charge in [-0.05, 0) is 31.0 Å². The van der Waals surface area contributed by atoms with Gasteiger partial charge in [-0.1, -0.05) is 12.1 Å². The van der Waals surface area contributed by atoms with Gasteiger partial charge in [0.25, 0.3) is 5.91 Å². The first-order valence-corrected chi connectivity index (χ1v) is 7.67. The number of aromatic nitrogens is 2. The fourth-order valence-electron chi connectivity index (χ4n) is 3.12. The summed E-state index contributed by atoms with van der Waals surface area (Å²) in [7, 11) is 0. The number of aromatic hydroxyl groups is 1. The number of carbonyl (C=O) groups is 2. The fourth-order valence-corrected chi connectivity index (χ4v) is 3.12. The van der Waals surface area contributed by atoms with Crippen LogP contribution in [-0.4, -0.2) is 43.8 Å². The van der Waals surface area contributed by atoms with Crippen molar-refractivity contribution in [3.05, 3.63) is 48.5 Å². The highest BCUT2D eigenvalue weighted by molar-refractivity contribution is 6.40. The van der Waals surface area contributed by atoms with Crippen LogP contribution in [0.4, 0.5) is 0 Å². The SMILES string of the molecule is CC1C(c2ccc(O)cc2)C(=O)C(=O)N1CCCn1ccnc1. The molecule has 1 aromatic heterocycles. The lowest BCUT2D eigenvalue weighted by atomic mass is 9.91. The topological polar surface area (TPSA) is 75.4 Å². The number of rotatable bonds is 5. The summed E-state index contributed by atoms with van der Waals surface area (Å²) in [4.78, 5) is 30.2. The first-order valence-electron chi connectivity index (χ1n) is 7.67. The molecule has 2 atom stereocenters. The Kier molecular flexibility index (Phi) is 4.14. The van der Waals surface area contributed by atoms with Crippen molar-refractivity contribution >= 4 is 11.7 Å². The van der Waals surface area contributed by atoms with Crippen molar-refractivity contribution < 1.29 is 14.7 Å². The normalized spacial score (nSPS) is 21.2. The van der Waals surface area contributed by atoms with Crippen LogP contribution in [0.15, 0.2) is 43.0 Å². The van der Waals surface area contributed by atoms with Crippen molar-refractivity contribution in [2.45, 2.75) is 31.8 Å². The highest BCUT2D eigenvalue weighted by atomic mass is 16.3. The Morgan fingerprint density at radius 2 is 1.91 bits per heavy atom. The second kappa shape index (κ2) is 6.24. The molecule has 120 valence electrons. The minimum absolute atomic E-state index is 0.148. The van der Waals surface area contributed by atoms with Gasteiger partial charge in [0.2, 0.25) is 5.78 Å². The molecule has 0 bridgehead atoms. The summed E-state index contributed by atoms with van der Waals surface area (Å²) in [5, 5.41) is 9.37. The van der Waals surface area contributed by atoms with Crippen LogP contribution in [0.25, 0.3) is 0 Å². The zero-order valence-electron chi connectivity index (χ0n) is 12.9. The summed E-state index contributed by atoms with van der Waals surface area (Å²) in [6.07, 6.45) is 6.09. The van der Waals surface area contributed by atoms with Crippen LogP contribution in [0, 0.1) is 0 Å². The van der Waals surface area contributed by atoms with E-state index in [2.05, 4.69) is 4.98 Å². The molecule has 1 aliphatic rings. The summed E-state index contributed by atoms with van der Waals surface area (Å²) in [5.41, 5.74) is 0.769. The Morgan fingerprint density at radius 3 is 2.57 bits per heavy atom. The van der Waals surface area contributed by atoms with E-state index >= 15 is 0 Å². The van der Waals surface area contributed by atoms with E-state index in [1.165, 1.54) is 0 Å². The Labute approximate surface area is 134 Å². The number of hydrogen-bond donors (Lipinski definition) is 1. The van der Waals surface area contributed by atoms with Crippen molar-refractivity contribution in [3.8, 4) is 5.75 Å². The number of likely N-dealkylation sites (tertiary alicyclic amines) is 1. The van der Waals surface area contributed by atoms with Crippen LogP contribution < -0.4 is 0 Å². The minimum Gasteiger partial charge on any atom is -0.508 e. The lowest BCUT2D eigenvalue weighted by Crippen LogP contribution is -2.34. The maximum absolute atomic E-state index is 12.3. The van der Waals surface area contributed by atoms with Gasteiger partial charge in [-0.2, -0.15) is 0 Å². The number of phenolic OH excluding ortho intramolecular Hbond substituents is 1. The van der Waals surface area contributed by atoms with Crippen LogP contribution in [0.3, 0.4) is 0 Å². The summed E-state index contributed by atoms with van der Waals surface area (Å²) in [5.74, 6) is -1.10. The largest absolute Gasteiger partial charge is 0.508 e. The van der Waals surface area contributed by atoms with Crippen LogP contribution in [0.2, 0.25) is 0 Å². The van der Waals surface area contributed by atoms with Crippen molar-refractivity contribution in [2.24, 2.45) is 0 Å². The van der Waals surface area contributed by atoms with E-state index < -0.39 is 11.8 Å². The molecule has 3 rings (SSSR count). The number of nitrogens with zero attached hydrogens (tertiary/aromatic N) is 3. The van der Waals surface area contributed by atoms with Crippen molar-refractivity contribution in [1.29, 1.82) is 0 Å². The standard InChI is InChI=1S/C17H19N3O3/c1-12-15(13-3-5-14(21)6-4-13)16(22)17(23)20(12)9-2-8-19-10-7-18-11-19/h3-7,10-12,15,21H,2,8-9H2,1H3. The van der Waals surface area contributed by atoms with E-state index in [0.717, 1.165) is 18.5 Å². The van der Waals surface area contributed by atoms with E-state index in [9.17, 15) is 14.7 Å². The maximum Gasteiger partial charge on any atom is 0.290 e. The third-order valence-corrected chi connectivity index (χ3v) is 4.35. The van der Waals surface area contributed by atoms with Gasteiger partial charge in [0.15, 0.2) is 0 Å². The molecule has 1 aromatic carbocycles. The predicted octanol–water partition coefficient (Wildman–Crippen LogP) is 1.56.